The summed E-state index contributed by atoms with van der Waals surface area (Å²) in [6.45, 7) is 5.64. The van der Waals surface area contributed by atoms with E-state index >= 15 is 0 Å². The van der Waals surface area contributed by atoms with Crippen molar-refractivity contribution in [2.45, 2.75) is 71.4 Å². The van der Waals surface area contributed by atoms with E-state index in [1.165, 1.54) is 67.3 Å². The van der Waals surface area contributed by atoms with Gasteiger partial charge >= 0.3 is 0 Å². The lowest BCUT2D eigenvalue weighted by Crippen LogP contribution is -2.32. The van der Waals surface area contributed by atoms with Crippen LogP contribution in [0.4, 0.5) is 5.69 Å². The van der Waals surface area contributed by atoms with Crippen LogP contribution in [0.2, 0.25) is 0 Å². The molecule has 1 aliphatic heterocycles. The molecular formula is C25H31N. The first-order chi connectivity index (χ1) is 12.8. The molecule has 2 aromatic carbocycles. The van der Waals surface area contributed by atoms with E-state index < -0.39 is 0 Å². The predicted molar refractivity (Wildman–Crippen MR) is 113 cm³/mol. The Labute approximate surface area is 158 Å². The van der Waals surface area contributed by atoms with E-state index in [-0.39, 0.29) is 0 Å². The predicted octanol–water partition coefficient (Wildman–Crippen LogP) is 7.07. The average molecular weight is 346 g/mol. The minimum absolute atomic E-state index is 0.489. The fourth-order valence-corrected chi connectivity index (χ4v) is 4.69. The minimum Gasteiger partial charge on any atom is -0.364 e. The summed E-state index contributed by atoms with van der Waals surface area (Å²) >= 11 is 0. The third-order valence-electron chi connectivity index (χ3n) is 6.06. The number of para-hydroxylation sites is 1. The lowest BCUT2D eigenvalue weighted by atomic mass is 9.84. The molecule has 0 unspecified atom stereocenters. The van der Waals surface area contributed by atoms with E-state index in [9.17, 15) is 0 Å². The molecule has 0 atom stereocenters. The van der Waals surface area contributed by atoms with Gasteiger partial charge in [0.1, 0.15) is 0 Å². The van der Waals surface area contributed by atoms with E-state index in [1.807, 2.05) is 0 Å². The van der Waals surface area contributed by atoms with Crippen LogP contribution in [-0.4, -0.2) is 6.04 Å². The maximum Gasteiger partial charge on any atom is 0.0448 e. The van der Waals surface area contributed by atoms with E-state index in [2.05, 4.69) is 67.3 Å². The van der Waals surface area contributed by atoms with Crippen molar-refractivity contribution in [3.05, 3.63) is 65.2 Å². The summed E-state index contributed by atoms with van der Waals surface area (Å²) in [6, 6.07) is 18.8. The Hall–Kier alpha value is -2.02. The molecule has 26 heavy (non-hydrogen) atoms. The van der Waals surface area contributed by atoms with Crippen molar-refractivity contribution in [2.24, 2.45) is 0 Å². The van der Waals surface area contributed by atoms with Gasteiger partial charge in [0.2, 0.25) is 0 Å². The Morgan fingerprint density at radius 2 is 1.27 bits per heavy atom. The molecule has 1 heterocycles. The van der Waals surface area contributed by atoms with Gasteiger partial charge in [-0.3, -0.25) is 0 Å². The number of fused-ring (bicyclic) bond motifs is 4. The molecule has 4 rings (SSSR count). The number of allylic oxidation sites excluding steroid dienone is 2. The van der Waals surface area contributed by atoms with E-state index in [0.717, 1.165) is 6.54 Å². The molecule has 0 saturated carbocycles. The summed E-state index contributed by atoms with van der Waals surface area (Å²) < 4.78 is 0. The fraction of sp³-hybridized carbons (Fsp3) is 0.440. The van der Waals surface area contributed by atoms with Crippen molar-refractivity contribution in [1.82, 2.24) is 0 Å². The number of hydrogen-bond donors (Lipinski definition) is 0. The van der Waals surface area contributed by atoms with Crippen LogP contribution in [0.25, 0.3) is 11.1 Å². The van der Waals surface area contributed by atoms with Gasteiger partial charge in [0, 0.05) is 23.8 Å². The standard InChI is InChI=1S/C25H31N/c1-19(2)26-18-20-12-8-9-13-21(20)22-14-6-4-3-5-7-15-23(22)24-16-10-11-17-25(24)26/h8-13,16-17,19H,3-7,14-15,18H2,1-2H3/b23-22-. The van der Waals surface area contributed by atoms with Crippen LogP contribution in [0.1, 0.15) is 75.5 Å². The third kappa shape index (κ3) is 3.32. The van der Waals surface area contributed by atoms with Crippen LogP contribution in [-0.2, 0) is 6.54 Å². The molecule has 1 heteroatoms. The molecule has 0 spiro atoms. The van der Waals surface area contributed by atoms with Crippen molar-refractivity contribution in [1.29, 1.82) is 0 Å². The quantitative estimate of drug-likeness (QED) is 0.534. The summed E-state index contributed by atoms with van der Waals surface area (Å²) in [4.78, 5) is 2.59. The van der Waals surface area contributed by atoms with Crippen LogP contribution < -0.4 is 4.90 Å². The van der Waals surface area contributed by atoms with E-state index in [1.54, 1.807) is 11.1 Å². The topological polar surface area (TPSA) is 3.24 Å². The largest absolute Gasteiger partial charge is 0.364 e. The van der Waals surface area contributed by atoms with Gasteiger partial charge in [0.25, 0.3) is 0 Å². The normalized spacial score (nSPS) is 20.8. The Balaban J connectivity index is 1.98. The zero-order valence-corrected chi connectivity index (χ0v) is 16.3. The lowest BCUT2D eigenvalue weighted by molar-refractivity contribution is 0.634. The Bertz CT molecular complexity index is 799. The maximum atomic E-state index is 2.59. The third-order valence-corrected chi connectivity index (χ3v) is 6.06. The van der Waals surface area contributed by atoms with Gasteiger partial charge in [-0.05, 0) is 67.9 Å². The van der Waals surface area contributed by atoms with Gasteiger partial charge in [0.15, 0.2) is 0 Å². The smallest absolute Gasteiger partial charge is 0.0448 e. The zero-order chi connectivity index (χ0) is 17.9. The van der Waals surface area contributed by atoms with Crippen LogP contribution in [0.3, 0.4) is 0 Å². The van der Waals surface area contributed by atoms with Gasteiger partial charge in [-0.15, -0.1) is 0 Å². The molecule has 0 N–H and O–H groups in total. The van der Waals surface area contributed by atoms with Crippen LogP contribution in [0, 0.1) is 0 Å². The van der Waals surface area contributed by atoms with E-state index in [0.29, 0.717) is 6.04 Å². The fourth-order valence-electron chi connectivity index (χ4n) is 4.69. The van der Waals surface area contributed by atoms with Gasteiger partial charge < -0.3 is 4.90 Å². The molecule has 2 aliphatic rings. The summed E-state index contributed by atoms with van der Waals surface area (Å²) in [5, 5.41) is 0. The van der Waals surface area contributed by atoms with Gasteiger partial charge in [0.05, 0.1) is 0 Å². The highest BCUT2D eigenvalue weighted by molar-refractivity contribution is 5.96. The average Bonchev–Trinajstić information content (AvgIpc) is 2.77. The molecule has 2 aromatic rings. The molecule has 136 valence electrons. The second kappa shape index (κ2) is 7.70. The molecule has 0 aromatic heterocycles. The molecule has 1 aliphatic carbocycles. The molecule has 0 saturated heterocycles. The maximum absolute atomic E-state index is 2.59. The summed E-state index contributed by atoms with van der Waals surface area (Å²) in [5.41, 5.74) is 9.13. The van der Waals surface area contributed by atoms with Crippen LogP contribution >= 0.6 is 0 Å². The van der Waals surface area contributed by atoms with Gasteiger partial charge in [-0.1, -0.05) is 61.7 Å². The number of rotatable bonds is 1. The highest BCUT2D eigenvalue weighted by Crippen LogP contribution is 2.43. The summed E-state index contributed by atoms with van der Waals surface area (Å²) in [5.74, 6) is 0. The molecule has 0 bridgehead atoms. The second-order valence-corrected chi connectivity index (χ2v) is 8.12. The van der Waals surface area contributed by atoms with Crippen molar-refractivity contribution < 1.29 is 0 Å². The summed E-state index contributed by atoms with van der Waals surface area (Å²) in [6.07, 6.45) is 9.21. The SMILES string of the molecule is CC(C)N1Cc2ccccc2/C2=C(/CCCCCCC2)c2ccccc21. The molecule has 0 amide bonds. The van der Waals surface area contributed by atoms with Crippen LogP contribution in [0.5, 0.6) is 0 Å². The van der Waals surface area contributed by atoms with Gasteiger partial charge in [-0.2, -0.15) is 0 Å². The zero-order valence-electron chi connectivity index (χ0n) is 16.3. The van der Waals surface area contributed by atoms with Crippen molar-refractivity contribution >= 4 is 16.8 Å². The van der Waals surface area contributed by atoms with Crippen molar-refractivity contribution in [3.63, 3.8) is 0 Å². The number of benzene rings is 2. The highest BCUT2D eigenvalue weighted by atomic mass is 15.2. The first-order valence-electron chi connectivity index (χ1n) is 10.4. The Morgan fingerprint density at radius 3 is 2.00 bits per heavy atom. The van der Waals surface area contributed by atoms with Crippen LogP contribution in [0.15, 0.2) is 48.5 Å². The minimum atomic E-state index is 0.489. The molecule has 1 nitrogen and oxygen atoms in total. The Kier molecular flexibility index (Phi) is 5.15. The number of hydrogen-bond acceptors (Lipinski definition) is 1. The lowest BCUT2D eigenvalue weighted by Gasteiger charge is -2.35. The highest BCUT2D eigenvalue weighted by Gasteiger charge is 2.24. The van der Waals surface area contributed by atoms with Gasteiger partial charge in [-0.25, -0.2) is 0 Å². The summed E-state index contributed by atoms with van der Waals surface area (Å²) in [7, 11) is 0. The Morgan fingerprint density at radius 1 is 0.692 bits per heavy atom. The second-order valence-electron chi connectivity index (χ2n) is 8.12. The van der Waals surface area contributed by atoms with Crippen molar-refractivity contribution in [2.75, 3.05) is 4.90 Å². The number of anilines is 1. The first-order valence-corrected chi connectivity index (χ1v) is 10.4. The first kappa shape index (κ1) is 17.4. The molecule has 0 radical (unpaired) electrons. The molecular weight excluding hydrogens is 314 g/mol. The van der Waals surface area contributed by atoms with Crippen molar-refractivity contribution in [3.8, 4) is 0 Å². The number of nitrogens with zero attached hydrogens (tertiary/aromatic N) is 1. The molecule has 0 fully saturated rings. The van der Waals surface area contributed by atoms with E-state index in [4.69, 9.17) is 0 Å². The monoisotopic (exact) mass is 345 g/mol.